The summed E-state index contributed by atoms with van der Waals surface area (Å²) in [5.41, 5.74) is 0.975. The molecule has 0 spiro atoms. The summed E-state index contributed by atoms with van der Waals surface area (Å²) in [6.07, 6.45) is 0. The number of nitro groups is 1. The van der Waals surface area contributed by atoms with Gasteiger partial charge in [0.05, 0.1) is 27.1 Å². The van der Waals surface area contributed by atoms with Crippen LogP contribution in [0.25, 0.3) is 10.2 Å². The first-order valence-electron chi connectivity index (χ1n) is 7.16. The van der Waals surface area contributed by atoms with Crippen molar-refractivity contribution in [1.82, 2.24) is 14.8 Å². The number of hydrogen-bond acceptors (Lipinski definition) is 7. The highest BCUT2D eigenvalue weighted by molar-refractivity contribution is 7.22. The molecule has 136 valence electrons. The van der Waals surface area contributed by atoms with E-state index in [1.807, 2.05) is 0 Å². The standard InChI is InChI=1S/C14H11F2N5O4S/c1-7-4-11(21(23)24)19-20(7)6-12(22)18-14-17-9-3-2-8(25-13(15)16)5-10(9)26-14/h2-5,13H,6H2,1H3,(H,17,18,22). The quantitative estimate of drug-likeness (QED) is 0.517. The second-order valence-electron chi connectivity index (χ2n) is 5.13. The summed E-state index contributed by atoms with van der Waals surface area (Å²) < 4.78 is 30.6. The zero-order chi connectivity index (χ0) is 18.8. The number of nitrogens with zero attached hydrogens (tertiary/aromatic N) is 4. The van der Waals surface area contributed by atoms with E-state index in [2.05, 4.69) is 20.1 Å². The number of fused-ring (bicyclic) bond motifs is 1. The third-order valence-corrected chi connectivity index (χ3v) is 4.21. The number of rotatable bonds is 6. The van der Waals surface area contributed by atoms with Gasteiger partial charge in [0, 0.05) is 0 Å². The normalized spacial score (nSPS) is 11.1. The molecule has 3 aromatic rings. The summed E-state index contributed by atoms with van der Waals surface area (Å²) >= 11 is 1.09. The van der Waals surface area contributed by atoms with E-state index in [0.717, 1.165) is 11.3 Å². The zero-order valence-corrected chi connectivity index (χ0v) is 14.0. The summed E-state index contributed by atoms with van der Waals surface area (Å²) in [5.74, 6) is -0.829. The van der Waals surface area contributed by atoms with Crippen LogP contribution in [0.2, 0.25) is 0 Å². The molecule has 2 heterocycles. The van der Waals surface area contributed by atoms with Crippen molar-refractivity contribution in [2.75, 3.05) is 5.32 Å². The van der Waals surface area contributed by atoms with Gasteiger partial charge >= 0.3 is 12.4 Å². The number of carbonyl (C=O) groups is 1. The zero-order valence-electron chi connectivity index (χ0n) is 13.2. The number of thiazole rings is 1. The Hall–Kier alpha value is -3.15. The molecule has 0 bridgehead atoms. The minimum absolute atomic E-state index is 0.00602. The lowest BCUT2D eigenvalue weighted by atomic mass is 10.3. The fraction of sp³-hybridized carbons (Fsp3) is 0.214. The molecule has 0 aliphatic carbocycles. The highest BCUT2D eigenvalue weighted by Crippen LogP contribution is 2.29. The fourth-order valence-corrected chi connectivity index (χ4v) is 3.08. The lowest BCUT2D eigenvalue weighted by Crippen LogP contribution is -2.20. The molecule has 1 amide bonds. The van der Waals surface area contributed by atoms with Gasteiger partial charge in [-0.15, -0.1) is 0 Å². The highest BCUT2D eigenvalue weighted by atomic mass is 32.1. The molecule has 0 unspecified atom stereocenters. The predicted molar refractivity (Wildman–Crippen MR) is 88.5 cm³/mol. The maximum atomic E-state index is 12.2. The minimum Gasteiger partial charge on any atom is -0.435 e. The second-order valence-corrected chi connectivity index (χ2v) is 6.16. The third-order valence-electron chi connectivity index (χ3n) is 3.28. The van der Waals surface area contributed by atoms with E-state index in [9.17, 15) is 23.7 Å². The first-order chi connectivity index (χ1) is 12.3. The Balaban J connectivity index is 1.72. The number of aryl methyl sites for hydroxylation is 1. The first-order valence-corrected chi connectivity index (χ1v) is 7.97. The number of aromatic nitrogens is 3. The molecule has 1 N–H and O–H groups in total. The van der Waals surface area contributed by atoms with Crippen molar-refractivity contribution in [1.29, 1.82) is 0 Å². The Kier molecular flexibility index (Phi) is 4.75. The topological polar surface area (TPSA) is 112 Å². The molecule has 2 aromatic heterocycles. The van der Waals surface area contributed by atoms with E-state index >= 15 is 0 Å². The van der Waals surface area contributed by atoms with Gasteiger partial charge in [-0.1, -0.05) is 11.3 Å². The van der Waals surface area contributed by atoms with Crippen LogP contribution in [0.3, 0.4) is 0 Å². The predicted octanol–water partition coefficient (Wildman–Crippen LogP) is 2.95. The Morgan fingerprint density at radius 2 is 2.23 bits per heavy atom. The van der Waals surface area contributed by atoms with Crippen molar-refractivity contribution in [3.05, 3.63) is 40.1 Å². The molecule has 0 radical (unpaired) electrons. The third kappa shape index (κ3) is 3.91. The Morgan fingerprint density at radius 1 is 1.46 bits per heavy atom. The van der Waals surface area contributed by atoms with Gasteiger partial charge in [0.25, 0.3) is 0 Å². The number of halogens is 2. The van der Waals surface area contributed by atoms with Crippen molar-refractivity contribution >= 4 is 38.4 Å². The summed E-state index contributed by atoms with van der Waals surface area (Å²) in [6, 6.07) is 5.51. The SMILES string of the molecule is Cc1cc([N+](=O)[O-])nn1CC(=O)Nc1nc2ccc(OC(F)F)cc2s1. The van der Waals surface area contributed by atoms with Gasteiger partial charge in [0.15, 0.2) is 5.13 Å². The van der Waals surface area contributed by atoms with Gasteiger partial charge in [0.2, 0.25) is 5.91 Å². The molecule has 12 heteroatoms. The average Bonchev–Trinajstić information content (AvgIpc) is 3.09. The van der Waals surface area contributed by atoms with Crippen molar-refractivity contribution in [2.24, 2.45) is 0 Å². The van der Waals surface area contributed by atoms with Crippen LogP contribution in [0.1, 0.15) is 5.69 Å². The van der Waals surface area contributed by atoms with Crippen LogP contribution in [0.5, 0.6) is 5.75 Å². The van der Waals surface area contributed by atoms with E-state index in [1.54, 1.807) is 6.92 Å². The number of nitrogens with one attached hydrogen (secondary N) is 1. The van der Waals surface area contributed by atoms with Crippen molar-refractivity contribution in [3.63, 3.8) is 0 Å². The van der Waals surface area contributed by atoms with Crippen LogP contribution >= 0.6 is 11.3 Å². The molecule has 0 saturated heterocycles. The summed E-state index contributed by atoms with van der Waals surface area (Å²) in [6.45, 7) is -1.56. The molecule has 0 fully saturated rings. The van der Waals surface area contributed by atoms with Crippen LogP contribution in [-0.2, 0) is 11.3 Å². The van der Waals surface area contributed by atoms with Crippen LogP contribution in [0.4, 0.5) is 19.7 Å². The molecule has 0 atom stereocenters. The van der Waals surface area contributed by atoms with Crippen molar-refractivity contribution in [2.45, 2.75) is 20.1 Å². The van der Waals surface area contributed by atoms with Crippen LogP contribution in [0, 0.1) is 17.0 Å². The minimum atomic E-state index is -2.93. The van der Waals surface area contributed by atoms with E-state index in [1.165, 1.54) is 28.9 Å². The summed E-state index contributed by atoms with van der Waals surface area (Å²) in [5, 5.41) is 17.2. The van der Waals surface area contributed by atoms with Crippen LogP contribution in [0.15, 0.2) is 24.3 Å². The second kappa shape index (κ2) is 7.00. The van der Waals surface area contributed by atoms with Crippen molar-refractivity contribution in [3.8, 4) is 5.75 Å². The monoisotopic (exact) mass is 383 g/mol. The smallest absolute Gasteiger partial charge is 0.390 e. The number of benzene rings is 1. The maximum absolute atomic E-state index is 12.2. The number of ether oxygens (including phenoxy) is 1. The van der Waals surface area contributed by atoms with Gasteiger partial charge in [-0.2, -0.15) is 13.5 Å². The molecule has 1 aromatic carbocycles. The van der Waals surface area contributed by atoms with Crippen LogP contribution in [-0.4, -0.2) is 32.2 Å². The van der Waals surface area contributed by atoms with Gasteiger partial charge in [-0.3, -0.25) is 4.79 Å². The maximum Gasteiger partial charge on any atom is 0.390 e. The Labute approximate surface area is 148 Å². The highest BCUT2D eigenvalue weighted by Gasteiger charge is 2.18. The Bertz CT molecular complexity index is 987. The summed E-state index contributed by atoms with van der Waals surface area (Å²) in [7, 11) is 0. The van der Waals surface area contributed by atoms with Crippen molar-refractivity contribution < 1.29 is 23.2 Å². The largest absolute Gasteiger partial charge is 0.435 e. The van der Waals surface area contributed by atoms with Gasteiger partial charge in [-0.25, -0.2) is 4.98 Å². The molecule has 0 aliphatic rings. The van der Waals surface area contributed by atoms with E-state index in [-0.39, 0.29) is 23.2 Å². The average molecular weight is 383 g/mol. The lowest BCUT2D eigenvalue weighted by molar-refractivity contribution is -0.389. The number of alkyl halides is 2. The number of hydrogen-bond donors (Lipinski definition) is 1. The van der Waals surface area contributed by atoms with E-state index in [0.29, 0.717) is 15.9 Å². The molecule has 0 saturated carbocycles. The molecule has 0 aliphatic heterocycles. The molecular formula is C14H11F2N5O4S. The van der Waals surface area contributed by atoms with E-state index in [4.69, 9.17) is 0 Å². The molecule has 26 heavy (non-hydrogen) atoms. The first kappa shape index (κ1) is 17.7. The van der Waals surface area contributed by atoms with Crippen LogP contribution < -0.4 is 10.1 Å². The van der Waals surface area contributed by atoms with Gasteiger partial charge in [0.1, 0.15) is 12.3 Å². The summed E-state index contributed by atoms with van der Waals surface area (Å²) in [4.78, 5) is 26.3. The fourth-order valence-electron chi connectivity index (χ4n) is 2.17. The van der Waals surface area contributed by atoms with Gasteiger partial charge < -0.3 is 20.2 Å². The Morgan fingerprint density at radius 3 is 2.88 bits per heavy atom. The lowest BCUT2D eigenvalue weighted by Gasteiger charge is -2.02. The number of carbonyl (C=O) groups excluding carboxylic acids is 1. The molecule has 9 nitrogen and oxygen atoms in total. The van der Waals surface area contributed by atoms with Gasteiger partial charge in [-0.05, 0) is 30.0 Å². The van der Waals surface area contributed by atoms with E-state index < -0.39 is 17.4 Å². The molecular weight excluding hydrogens is 372 g/mol. The molecule has 3 rings (SSSR count). The number of amides is 1. The number of anilines is 1.